The molecule has 1 atom stereocenters. The van der Waals surface area contributed by atoms with Crippen LogP contribution in [0.2, 0.25) is 0 Å². The number of hydrogen-bond donors (Lipinski definition) is 1. The van der Waals surface area contributed by atoms with Crippen molar-refractivity contribution in [2.75, 3.05) is 0 Å². The van der Waals surface area contributed by atoms with E-state index in [1.165, 1.54) is 12.8 Å². The van der Waals surface area contributed by atoms with Crippen LogP contribution in [0.5, 0.6) is 0 Å². The highest BCUT2D eigenvalue weighted by Gasteiger charge is 2.28. The Bertz CT molecular complexity index is 84.6. The predicted octanol–water partition coefficient (Wildman–Crippen LogP) is 1.77. The minimum atomic E-state index is 0.487. The SMILES string of the molecule is CCC(N)C1CC(C)C1. The van der Waals surface area contributed by atoms with Gasteiger partial charge >= 0.3 is 0 Å². The van der Waals surface area contributed by atoms with Crippen LogP contribution < -0.4 is 5.73 Å². The normalized spacial score (nSPS) is 37.7. The number of rotatable bonds is 2. The van der Waals surface area contributed by atoms with Gasteiger partial charge in [0.25, 0.3) is 0 Å². The monoisotopic (exact) mass is 127 g/mol. The van der Waals surface area contributed by atoms with Gasteiger partial charge in [-0.25, -0.2) is 0 Å². The molecule has 1 heteroatoms. The van der Waals surface area contributed by atoms with E-state index in [0.717, 1.165) is 18.3 Å². The molecule has 0 spiro atoms. The zero-order valence-corrected chi connectivity index (χ0v) is 6.43. The van der Waals surface area contributed by atoms with Crippen molar-refractivity contribution in [1.82, 2.24) is 0 Å². The lowest BCUT2D eigenvalue weighted by Gasteiger charge is -2.36. The highest BCUT2D eigenvalue weighted by molar-refractivity contribution is 4.83. The summed E-state index contributed by atoms with van der Waals surface area (Å²) in [6.07, 6.45) is 3.89. The van der Waals surface area contributed by atoms with Gasteiger partial charge in [0.15, 0.2) is 0 Å². The topological polar surface area (TPSA) is 26.0 Å². The molecule has 0 aromatic carbocycles. The second-order valence-electron chi connectivity index (χ2n) is 3.41. The molecule has 1 rings (SSSR count). The molecule has 0 radical (unpaired) electrons. The molecule has 0 saturated heterocycles. The van der Waals surface area contributed by atoms with E-state index < -0.39 is 0 Å². The predicted molar refractivity (Wildman–Crippen MR) is 40.2 cm³/mol. The zero-order chi connectivity index (χ0) is 6.85. The first-order valence-corrected chi connectivity index (χ1v) is 3.99. The van der Waals surface area contributed by atoms with Crippen LogP contribution in [0, 0.1) is 11.8 Å². The lowest BCUT2D eigenvalue weighted by Crippen LogP contribution is -2.37. The van der Waals surface area contributed by atoms with Gasteiger partial charge in [-0.3, -0.25) is 0 Å². The van der Waals surface area contributed by atoms with E-state index in [9.17, 15) is 0 Å². The van der Waals surface area contributed by atoms with Crippen LogP contribution in [-0.2, 0) is 0 Å². The molecular weight excluding hydrogens is 110 g/mol. The molecule has 1 nitrogen and oxygen atoms in total. The second-order valence-corrected chi connectivity index (χ2v) is 3.41. The summed E-state index contributed by atoms with van der Waals surface area (Å²) in [6, 6.07) is 0.487. The van der Waals surface area contributed by atoms with Crippen LogP contribution in [0.25, 0.3) is 0 Å². The van der Waals surface area contributed by atoms with Crippen molar-refractivity contribution in [3.8, 4) is 0 Å². The van der Waals surface area contributed by atoms with Gasteiger partial charge in [0.05, 0.1) is 0 Å². The highest BCUT2D eigenvalue weighted by atomic mass is 14.7. The molecule has 9 heavy (non-hydrogen) atoms. The van der Waals surface area contributed by atoms with Gasteiger partial charge in [-0.15, -0.1) is 0 Å². The van der Waals surface area contributed by atoms with E-state index in [2.05, 4.69) is 13.8 Å². The fourth-order valence-corrected chi connectivity index (χ4v) is 1.65. The summed E-state index contributed by atoms with van der Waals surface area (Å²) in [4.78, 5) is 0. The fraction of sp³-hybridized carbons (Fsp3) is 1.00. The Morgan fingerprint density at radius 3 is 2.44 bits per heavy atom. The van der Waals surface area contributed by atoms with Gasteiger partial charge in [0, 0.05) is 6.04 Å². The van der Waals surface area contributed by atoms with Gasteiger partial charge in [-0.05, 0) is 31.1 Å². The van der Waals surface area contributed by atoms with Gasteiger partial charge in [-0.2, -0.15) is 0 Å². The lowest BCUT2D eigenvalue weighted by atomic mass is 9.72. The van der Waals surface area contributed by atoms with Crippen molar-refractivity contribution in [2.24, 2.45) is 17.6 Å². The maximum Gasteiger partial charge on any atom is 0.00647 e. The van der Waals surface area contributed by atoms with Crippen LogP contribution in [0.15, 0.2) is 0 Å². The minimum Gasteiger partial charge on any atom is -0.327 e. The van der Waals surface area contributed by atoms with E-state index in [1.54, 1.807) is 0 Å². The molecule has 0 aliphatic heterocycles. The summed E-state index contributed by atoms with van der Waals surface area (Å²) in [5.41, 5.74) is 5.84. The van der Waals surface area contributed by atoms with Gasteiger partial charge in [0.2, 0.25) is 0 Å². The first kappa shape index (κ1) is 7.07. The molecule has 0 amide bonds. The Balaban J connectivity index is 2.15. The Morgan fingerprint density at radius 2 is 2.11 bits per heavy atom. The summed E-state index contributed by atoms with van der Waals surface area (Å²) < 4.78 is 0. The molecule has 1 aliphatic rings. The molecule has 0 heterocycles. The molecule has 1 saturated carbocycles. The molecule has 0 bridgehead atoms. The van der Waals surface area contributed by atoms with Crippen LogP contribution in [0.1, 0.15) is 33.1 Å². The summed E-state index contributed by atoms with van der Waals surface area (Å²) in [6.45, 7) is 4.48. The van der Waals surface area contributed by atoms with Crippen LogP contribution in [0.3, 0.4) is 0 Å². The maximum atomic E-state index is 5.84. The maximum absolute atomic E-state index is 5.84. The third-order valence-corrected chi connectivity index (χ3v) is 2.49. The molecule has 2 N–H and O–H groups in total. The smallest absolute Gasteiger partial charge is 0.00647 e. The molecule has 54 valence electrons. The number of hydrogen-bond acceptors (Lipinski definition) is 1. The number of nitrogens with two attached hydrogens (primary N) is 1. The molecular formula is C8H17N. The van der Waals surface area contributed by atoms with Gasteiger partial charge in [-0.1, -0.05) is 13.8 Å². The molecule has 1 unspecified atom stereocenters. The van der Waals surface area contributed by atoms with Crippen molar-refractivity contribution in [3.05, 3.63) is 0 Å². The van der Waals surface area contributed by atoms with Crippen LogP contribution >= 0.6 is 0 Å². The largest absolute Gasteiger partial charge is 0.327 e. The Labute approximate surface area is 57.6 Å². The standard InChI is InChI=1S/C8H17N/c1-3-8(9)7-4-6(2)5-7/h6-8H,3-5,9H2,1-2H3. The molecule has 0 aromatic rings. The third kappa shape index (κ3) is 1.45. The summed E-state index contributed by atoms with van der Waals surface area (Å²) in [7, 11) is 0. The average molecular weight is 127 g/mol. The molecule has 1 aliphatic carbocycles. The quantitative estimate of drug-likeness (QED) is 0.601. The zero-order valence-electron chi connectivity index (χ0n) is 6.43. The lowest BCUT2D eigenvalue weighted by molar-refractivity contribution is 0.174. The van der Waals surface area contributed by atoms with E-state index in [1.807, 2.05) is 0 Å². The summed E-state index contributed by atoms with van der Waals surface area (Å²) in [5.74, 6) is 1.80. The van der Waals surface area contributed by atoms with E-state index in [0.29, 0.717) is 6.04 Å². The molecule has 0 aromatic heterocycles. The van der Waals surface area contributed by atoms with Gasteiger partial charge in [0.1, 0.15) is 0 Å². The Hall–Kier alpha value is -0.0400. The van der Waals surface area contributed by atoms with Crippen molar-refractivity contribution < 1.29 is 0 Å². The third-order valence-electron chi connectivity index (χ3n) is 2.49. The first-order chi connectivity index (χ1) is 4.24. The van der Waals surface area contributed by atoms with Crippen molar-refractivity contribution >= 4 is 0 Å². The van der Waals surface area contributed by atoms with Gasteiger partial charge < -0.3 is 5.73 Å². The van der Waals surface area contributed by atoms with Crippen LogP contribution in [0.4, 0.5) is 0 Å². The van der Waals surface area contributed by atoms with Crippen molar-refractivity contribution in [3.63, 3.8) is 0 Å². The van der Waals surface area contributed by atoms with Crippen LogP contribution in [-0.4, -0.2) is 6.04 Å². The summed E-state index contributed by atoms with van der Waals surface area (Å²) >= 11 is 0. The molecule has 1 fully saturated rings. The average Bonchev–Trinajstić information content (AvgIpc) is 1.79. The van der Waals surface area contributed by atoms with E-state index >= 15 is 0 Å². The van der Waals surface area contributed by atoms with Crippen molar-refractivity contribution in [2.45, 2.75) is 39.2 Å². The second kappa shape index (κ2) is 2.70. The van der Waals surface area contributed by atoms with E-state index in [4.69, 9.17) is 5.73 Å². The summed E-state index contributed by atoms with van der Waals surface area (Å²) in [5, 5.41) is 0. The van der Waals surface area contributed by atoms with Crippen molar-refractivity contribution in [1.29, 1.82) is 0 Å². The Kier molecular flexibility index (Phi) is 2.12. The fourth-order valence-electron chi connectivity index (χ4n) is 1.65. The first-order valence-electron chi connectivity index (χ1n) is 3.99. The highest BCUT2D eigenvalue weighted by Crippen LogP contribution is 2.35. The minimum absolute atomic E-state index is 0.487. The van der Waals surface area contributed by atoms with E-state index in [-0.39, 0.29) is 0 Å². The Morgan fingerprint density at radius 1 is 1.56 bits per heavy atom.